The van der Waals surface area contributed by atoms with Gasteiger partial charge in [0.25, 0.3) is 5.91 Å². The summed E-state index contributed by atoms with van der Waals surface area (Å²) >= 11 is 0. The molecule has 0 aromatic carbocycles. The number of fused-ring (bicyclic) bond motifs is 3. The van der Waals surface area contributed by atoms with Crippen LogP contribution in [0.25, 0.3) is 11.4 Å². The number of anilines is 1. The molecular weight excluding hydrogens is 509 g/mol. The molecule has 1 saturated carbocycles. The molecule has 1 unspecified atom stereocenters. The monoisotopic (exact) mass is 544 g/mol. The Hall–Kier alpha value is -2.95. The summed E-state index contributed by atoms with van der Waals surface area (Å²) in [5.74, 6) is 0.815. The highest BCUT2D eigenvalue weighted by Gasteiger charge is 2.33. The summed E-state index contributed by atoms with van der Waals surface area (Å²) < 4.78 is 17.3. The lowest BCUT2D eigenvalue weighted by Gasteiger charge is -2.36. The molecule has 4 N–H and O–H groups in total. The van der Waals surface area contributed by atoms with Crippen LogP contribution in [0.1, 0.15) is 60.1 Å². The van der Waals surface area contributed by atoms with E-state index in [1.807, 2.05) is 11.9 Å². The van der Waals surface area contributed by atoms with E-state index < -0.39 is 8.25 Å². The first-order valence-electron chi connectivity index (χ1n) is 13.3. The van der Waals surface area contributed by atoms with Crippen molar-refractivity contribution in [3.8, 4) is 11.4 Å². The van der Waals surface area contributed by atoms with E-state index in [0.717, 1.165) is 67.5 Å². The first-order valence-corrected chi connectivity index (χ1v) is 14.5. The van der Waals surface area contributed by atoms with Crippen molar-refractivity contribution in [1.82, 2.24) is 30.0 Å². The van der Waals surface area contributed by atoms with Crippen LogP contribution in [-0.2, 0) is 33.8 Å². The van der Waals surface area contributed by atoms with Gasteiger partial charge in [0.1, 0.15) is 6.61 Å². The van der Waals surface area contributed by atoms with Crippen molar-refractivity contribution in [3.05, 3.63) is 23.0 Å². The minimum Gasteiger partial charge on any atom is -0.368 e. The number of hydrogen-bond donors (Lipinski definition) is 3. The highest BCUT2D eigenvalue weighted by molar-refractivity contribution is 7.32. The summed E-state index contributed by atoms with van der Waals surface area (Å²) in [6.45, 7) is 2.17. The summed E-state index contributed by atoms with van der Waals surface area (Å²) in [6.07, 6.45) is 8.21. The van der Waals surface area contributed by atoms with Crippen molar-refractivity contribution < 1.29 is 23.6 Å². The second-order valence-corrected chi connectivity index (χ2v) is 11.4. The average molecular weight is 545 g/mol. The smallest absolute Gasteiger partial charge is 0.368 e. The summed E-state index contributed by atoms with van der Waals surface area (Å²) in [4.78, 5) is 45.4. The molecule has 1 aliphatic heterocycles. The van der Waals surface area contributed by atoms with Crippen molar-refractivity contribution in [2.45, 2.75) is 51.4 Å². The quantitative estimate of drug-likeness (QED) is 0.442. The van der Waals surface area contributed by atoms with Gasteiger partial charge in [-0.25, -0.2) is 9.97 Å². The Balaban J connectivity index is 1.10. The number of nitrogens with one attached hydrogen (secondary N) is 1. The third-order valence-corrected chi connectivity index (χ3v) is 8.58. The number of aryl methyl sites for hydroxylation is 2. The number of likely N-dealkylation sites (tertiary alicyclic amines) is 1. The topological polar surface area (TPSA) is 166 Å². The largest absolute Gasteiger partial charge is 0.694 e. The number of nitrogen functional groups attached to an aromatic ring is 1. The number of nitrogens with two attached hydrogens (primary N) is 1. The molecule has 2 aliphatic carbocycles. The van der Waals surface area contributed by atoms with Gasteiger partial charge in [0, 0.05) is 48.9 Å². The molecule has 1 atom stereocenters. The van der Waals surface area contributed by atoms with Crippen LogP contribution in [0.4, 0.5) is 5.95 Å². The minimum absolute atomic E-state index is 0.0268. The highest BCUT2D eigenvalue weighted by Crippen LogP contribution is 2.34. The molecule has 2 aromatic rings. The van der Waals surface area contributed by atoms with Gasteiger partial charge in [-0.05, 0) is 68.8 Å². The van der Waals surface area contributed by atoms with Crippen LogP contribution in [0.15, 0.2) is 6.20 Å². The van der Waals surface area contributed by atoms with Gasteiger partial charge >= 0.3 is 8.25 Å². The number of rotatable bonds is 7. The van der Waals surface area contributed by atoms with Gasteiger partial charge in [0.15, 0.2) is 5.69 Å². The van der Waals surface area contributed by atoms with Crippen LogP contribution in [0.3, 0.4) is 0 Å². The molecule has 1 saturated heterocycles. The summed E-state index contributed by atoms with van der Waals surface area (Å²) in [5.41, 5.74) is 9.71. The lowest BCUT2D eigenvalue weighted by Crippen LogP contribution is -2.43. The van der Waals surface area contributed by atoms with Gasteiger partial charge in [-0.15, -0.1) is 9.42 Å². The third kappa shape index (κ3) is 5.72. The lowest BCUT2D eigenvalue weighted by molar-refractivity contribution is -0.138. The van der Waals surface area contributed by atoms with Crippen LogP contribution >= 0.6 is 8.25 Å². The van der Waals surface area contributed by atoms with Crippen molar-refractivity contribution in [2.24, 2.45) is 24.8 Å². The second kappa shape index (κ2) is 11.4. The maximum absolute atomic E-state index is 13.1. The predicted octanol–water partition coefficient (Wildman–Crippen LogP) is 2.00. The fourth-order valence-corrected chi connectivity index (χ4v) is 6.37. The summed E-state index contributed by atoms with van der Waals surface area (Å²) in [7, 11) is -0.752. The molecule has 2 amide bonds. The molecule has 12 nitrogen and oxygen atoms in total. The number of nitrogens with zero attached hydrogens (tertiary/aromatic N) is 5. The van der Waals surface area contributed by atoms with Crippen molar-refractivity contribution in [1.29, 1.82) is 0 Å². The second-order valence-electron chi connectivity index (χ2n) is 10.6. The average Bonchev–Trinajstić information content (AvgIpc) is 3.27. The van der Waals surface area contributed by atoms with Gasteiger partial charge in [-0.2, -0.15) is 5.10 Å². The Morgan fingerprint density at radius 1 is 1.16 bits per heavy atom. The van der Waals surface area contributed by atoms with Gasteiger partial charge in [0.2, 0.25) is 11.9 Å². The predicted molar refractivity (Wildman–Crippen MR) is 139 cm³/mol. The highest BCUT2D eigenvalue weighted by atomic mass is 31.1. The molecule has 3 heterocycles. The molecule has 5 rings (SSSR count). The van der Waals surface area contributed by atoms with E-state index in [9.17, 15) is 14.2 Å². The number of hydrogen-bond acceptors (Lipinski definition) is 8. The zero-order chi connectivity index (χ0) is 26.8. The Morgan fingerprint density at radius 2 is 1.89 bits per heavy atom. The zero-order valence-electron chi connectivity index (χ0n) is 21.6. The molecule has 0 radical (unpaired) electrons. The van der Waals surface area contributed by atoms with Crippen molar-refractivity contribution in [2.75, 3.05) is 32.0 Å². The Labute approximate surface area is 222 Å². The zero-order valence-corrected chi connectivity index (χ0v) is 22.5. The third-order valence-electron chi connectivity index (χ3n) is 8.21. The Kier molecular flexibility index (Phi) is 8.01. The van der Waals surface area contributed by atoms with Crippen LogP contribution < -0.4 is 11.1 Å². The molecule has 3 aliphatic rings. The lowest BCUT2D eigenvalue weighted by atomic mass is 9.81. The molecule has 0 spiro atoms. The fraction of sp³-hybridized carbons (Fsp3) is 0.640. The van der Waals surface area contributed by atoms with Crippen molar-refractivity contribution in [3.63, 3.8) is 0 Å². The maximum atomic E-state index is 13.1. The minimum atomic E-state index is -2.57. The summed E-state index contributed by atoms with van der Waals surface area (Å²) in [6, 6.07) is 0. The number of piperidine rings is 1. The van der Waals surface area contributed by atoms with Crippen molar-refractivity contribution >= 4 is 26.0 Å². The number of carbonyl (C=O) groups excluding carboxylic acids is 2. The van der Waals surface area contributed by atoms with Gasteiger partial charge < -0.3 is 16.0 Å². The van der Waals surface area contributed by atoms with E-state index >= 15 is 0 Å². The first-order chi connectivity index (χ1) is 18.3. The Morgan fingerprint density at radius 3 is 2.61 bits per heavy atom. The number of carbonyl (C=O) groups is 2. The fourth-order valence-electron chi connectivity index (χ4n) is 6.03. The first kappa shape index (κ1) is 26.6. The van der Waals surface area contributed by atoms with E-state index in [4.69, 9.17) is 15.2 Å². The van der Waals surface area contributed by atoms with E-state index in [-0.39, 0.29) is 36.2 Å². The van der Waals surface area contributed by atoms with Crippen LogP contribution in [0.5, 0.6) is 0 Å². The van der Waals surface area contributed by atoms with E-state index in [2.05, 4.69) is 20.4 Å². The van der Waals surface area contributed by atoms with E-state index in [0.29, 0.717) is 37.7 Å². The van der Waals surface area contributed by atoms with Crippen LogP contribution in [0.2, 0.25) is 0 Å². The molecule has 2 fully saturated rings. The number of amides is 2. The standard InChI is InChI=1S/C25H34N7O5P/c1-31-22-19(7-6-18-13-28-25(26)29-20(18)22)21(30-31)23(33)27-12-15-2-4-17(5-3-15)24(34)32-10-8-16(9-11-32)14-37-38(35)36/h13,15-17H,2-12,14H2,1H3,(H3-,26,27,28,29,33,35,36)/p+1. The maximum Gasteiger partial charge on any atom is 0.694 e. The Bertz CT molecular complexity index is 1220. The molecule has 13 heteroatoms. The van der Waals surface area contributed by atoms with Crippen LogP contribution in [0, 0.1) is 17.8 Å². The van der Waals surface area contributed by atoms with E-state index in [1.165, 1.54) is 0 Å². The van der Waals surface area contributed by atoms with E-state index in [1.54, 1.807) is 10.9 Å². The SMILES string of the molecule is Cn1nc(C(=O)NCC2CCC(C(=O)N3CCC(CO[P+](=O)O)CC3)CC2)c2c1-c1nc(N)ncc1CC2. The normalized spacial score (nSPS) is 21.9. The molecule has 2 aromatic heterocycles. The number of aromatic nitrogens is 4. The van der Waals surface area contributed by atoms with Gasteiger partial charge in [-0.3, -0.25) is 14.3 Å². The van der Waals surface area contributed by atoms with Gasteiger partial charge in [-0.1, -0.05) is 0 Å². The molecule has 38 heavy (non-hydrogen) atoms. The molecule has 0 bridgehead atoms. The van der Waals surface area contributed by atoms with Crippen LogP contribution in [-0.4, -0.2) is 67.6 Å². The molecule has 204 valence electrons. The summed E-state index contributed by atoms with van der Waals surface area (Å²) in [5, 5.41) is 7.60. The molecular formula is C25H35N7O5P+. The van der Waals surface area contributed by atoms with Gasteiger partial charge in [0.05, 0.1) is 11.4 Å².